The predicted molar refractivity (Wildman–Crippen MR) is 120 cm³/mol. The molecule has 1 N–H and O–H groups in total. The van der Waals surface area contributed by atoms with Gasteiger partial charge in [-0.15, -0.1) is 0 Å². The smallest absolute Gasteiger partial charge is 0.293 e. The largest absolute Gasteiger partial charge is 0.366 e. The van der Waals surface area contributed by atoms with Crippen LogP contribution in [0.4, 0.5) is 22.7 Å². The minimum atomic E-state index is -0.418. The van der Waals surface area contributed by atoms with Crippen LogP contribution < -0.4 is 15.1 Å². The molecule has 2 amide bonds. The van der Waals surface area contributed by atoms with Gasteiger partial charge >= 0.3 is 0 Å². The highest BCUT2D eigenvalue weighted by Crippen LogP contribution is 2.31. The van der Waals surface area contributed by atoms with Gasteiger partial charge < -0.3 is 15.1 Å². The van der Waals surface area contributed by atoms with Crippen LogP contribution in [0.15, 0.2) is 42.5 Å². The van der Waals surface area contributed by atoms with E-state index in [1.165, 1.54) is 6.07 Å². The molecule has 2 fully saturated rings. The lowest BCUT2D eigenvalue weighted by Crippen LogP contribution is -2.25. The van der Waals surface area contributed by atoms with E-state index in [2.05, 4.69) is 5.32 Å². The molecule has 0 aliphatic carbocycles. The summed E-state index contributed by atoms with van der Waals surface area (Å²) in [5, 5.41) is 14.5. The number of nitro groups is 1. The average molecular weight is 422 g/mol. The summed E-state index contributed by atoms with van der Waals surface area (Å²) < 4.78 is 0. The van der Waals surface area contributed by atoms with Crippen LogP contribution in [-0.2, 0) is 4.79 Å². The Morgan fingerprint density at radius 3 is 2.26 bits per heavy atom. The number of anilines is 3. The second kappa shape index (κ2) is 9.16. The Labute approximate surface area is 181 Å². The molecule has 0 unspecified atom stereocenters. The molecular weight excluding hydrogens is 396 g/mol. The molecule has 8 heteroatoms. The number of nitro benzene ring substituents is 1. The molecule has 0 aromatic heterocycles. The number of amides is 2. The molecule has 2 aliphatic rings. The third kappa shape index (κ3) is 4.68. The van der Waals surface area contributed by atoms with Crippen molar-refractivity contribution in [3.05, 3.63) is 58.1 Å². The van der Waals surface area contributed by atoms with E-state index < -0.39 is 10.8 Å². The van der Waals surface area contributed by atoms with E-state index in [4.69, 9.17) is 0 Å². The summed E-state index contributed by atoms with van der Waals surface area (Å²) in [5.74, 6) is -0.302. The zero-order valence-electron chi connectivity index (χ0n) is 17.4. The van der Waals surface area contributed by atoms with Crippen LogP contribution in [0.25, 0.3) is 0 Å². The Bertz CT molecular complexity index is 982. The lowest BCUT2D eigenvalue weighted by molar-refractivity contribution is -0.384. The molecule has 2 saturated heterocycles. The number of hydrogen-bond donors (Lipinski definition) is 1. The average Bonchev–Trinajstić information content (AvgIpc) is 3.03. The Hall–Kier alpha value is -3.42. The van der Waals surface area contributed by atoms with Gasteiger partial charge in [0.25, 0.3) is 11.6 Å². The van der Waals surface area contributed by atoms with Crippen molar-refractivity contribution in [2.24, 2.45) is 0 Å². The minimum absolute atomic E-state index is 0.0440. The highest BCUT2D eigenvalue weighted by Gasteiger charge is 2.23. The molecule has 0 spiro atoms. The van der Waals surface area contributed by atoms with Gasteiger partial charge in [0.15, 0.2) is 0 Å². The quantitative estimate of drug-likeness (QED) is 0.571. The lowest BCUT2D eigenvalue weighted by atomic mass is 10.1. The van der Waals surface area contributed by atoms with Gasteiger partial charge in [-0.2, -0.15) is 0 Å². The Morgan fingerprint density at radius 1 is 0.935 bits per heavy atom. The molecule has 0 bridgehead atoms. The van der Waals surface area contributed by atoms with E-state index in [0.29, 0.717) is 24.3 Å². The van der Waals surface area contributed by atoms with E-state index in [0.717, 1.165) is 50.9 Å². The fraction of sp³-hybridized carbons (Fsp3) is 0.391. The summed E-state index contributed by atoms with van der Waals surface area (Å²) in [7, 11) is 0. The van der Waals surface area contributed by atoms with Gasteiger partial charge in [-0.3, -0.25) is 19.7 Å². The molecule has 2 aromatic rings. The van der Waals surface area contributed by atoms with Crippen LogP contribution in [0.3, 0.4) is 0 Å². The molecule has 162 valence electrons. The first-order valence-electron chi connectivity index (χ1n) is 10.8. The highest BCUT2D eigenvalue weighted by molar-refractivity contribution is 6.05. The molecule has 0 saturated carbocycles. The zero-order valence-corrected chi connectivity index (χ0v) is 17.4. The maximum Gasteiger partial charge on any atom is 0.293 e. The first kappa shape index (κ1) is 20.8. The van der Waals surface area contributed by atoms with Gasteiger partial charge in [-0.25, -0.2) is 0 Å². The zero-order chi connectivity index (χ0) is 21.8. The summed E-state index contributed by atoms with van der Waals surface area (Å²) in [6.07, 6.45) is 5.70. The fourth-order valence-corrected chi connectivity index (χ4v) is 4.24. The van der Waals surface area contributed by atoms with Gasteiger partial charge in [0.05, 0.1) is 4.92 Å². The van der Waals surface area contributed by atoms with Crippen LogP contribution in [0.1, 0.15) is 48.9 Å². The monoisotopic (exact) mass is 422 g/mol. The van der Waals surface area contributed by atoms with Crippen molar-refractivity contribution < 1.29 is 14.5 Å². The van der Waals surface area contributed by atoms with Gasteiger partial charge in [-0.05, 0) is 55.7 Å². The van der Waals surface area contributed by atoms with Crippen LogP contribution in [-0.4, -0.2) is 36.4 Å². The molecule has 31 heavy (non-hydrogen) atoms. The number of benzene rings is 2. The first-order valence-corrected chi connectivity index (χ1v) is 10.8. The van der Waals surface area contributed by atoms with Crippen LogP contribution in [0.2, 0.25) is 0 Å². The standard InChI is InChI=1S/C23H26N4O4/c28-22-6-5-15-26(22)19-10-8-18(9-11-19)24-23(29)17-7-12-20(21(16-17)27(30)31)25-13-3-1-2-4-14-25/h7-12,16H,1-6,13-15H2,(H,24,29). The summed E-state index contributed by atoms with van der Waals surface area (Å²) in [4.78, 5) is 39.6. The minimum Gasteiger partial charge on any atom is -0.366 e. The second-order valence-electron chi connectivity index (χ2n) is 8.01. The number of nitrogens with zero attached hydrogens (tertiary/aromatic N) is 3. The Kier molecular flexibility index (Phi) is 6.16. The van der Waals surface area contributed by atoms with Crippen LogP contribution >= 0.6 is 0 Å². The molecule has 8 nitrogen and oxygen atoms in total. The van der Waals surface area contributed by atoms with Gasteiger partial charge in [-0.1, -0.05) is 12.8 Å². The number of hydrogen-bond acceptors (Lipinski definition) is 5. The predicted octanol–water partition coefficient (Wildman–Crippen LogP) is 4.35. The van der Waals surface area contributed by atoms with E-state index >= 15 is 0 Å². The maximum absolute atomic E-state index is 12.7. The SMILES string of the molecule is O=C(Nc1ccc(N2CCCC2=O)cc1)c1ccc(N2CCCCCC2)c([N+](=O)[O-])c1. The Morgan fingerprint density at radius 2 is 1.65 bits per heavy atom. The molecule has 4 rings (SSSR count). The van der Waals surface area contributed by atoms with E-state index in [-0.39, 0.29) is 17.2 Å². The molecule has 2 aliphatic heterocycles. The molecule has 0 atom stereocenters. The number of carbonyl (C=O) groups excluding carboxylic acids is 2. The normalized spacial score (nSPS) is 16.8. The highest BCUT2D eigenvalue weighted by atomic mass is 16.6. The third-order valence-electron chi connectivity index (χ3n) is 5.89. The number of rotatable bonds is 5. The van der Waals surface area contributed by atoms with Crippen LogP contribution in [0.5, 0.6) is 0 Å². The summed E-state index contributed by atoms with van der Waals surface area (Å²) in [5.41, 5.74) is 2.14. The molecule has 0 radical (unpaired) electrons. The van der Waals surface area contributed by atoms with Crippen molar-refractivity contribution in [3.63, 3.8) is 0 Å². The maximum atomic E-state index is 12.7. The number of nitrogens with one attached hydrogen (secondary N) is 1. The fourth-order valence-electron chi connectivity index (χ4n) is 4.24. The van der Waals surface area contributed by atoms with Crippen molar-refractivity contribution >= 4 is 34.6 Å². The summed E-state index contributed by atoms with van der Waals surface area (Å²) >= 11 is 0. The van der Waals surface area contributed by atoms with Crippen molar-refractivity contribution in [3.8, 4) is 0 Å². The molecule has 2 aromatic carbocycles. The first-order chi connectivity index (χ1) is 15.0. The van der Waals surface area contributed by atoms with E-state index in [1.54, 1.807) is 41.3 Å². The summed E-state index contributed by atoms with van der Waals surface area (Å²) in [6.45, 7) is 2.29. The molecular formula is C23H26N4O4. The lowest BCUT2D eigenvalue weighted by Gasteiger charge is -2.22. The summed E-state index contributed by atoms with van der Waals surface area (Å²) in [6, 6.07) is 11.7. The van der Waals surface area contributed by atoms with Gasteiger partial charge in [0, 0.05) is 49.1 Å². The third-order valence-corrected chi connectivity index (χ3v) is 5.89. The van der Waals surface area contributed by atoms with Crippen molar-refractivity contribution in [1.82, 2.24) is 0 Å². The van der Waals surface area contributed by atoms with Gasteiger partial charge in [0.2, 0.25) is 5.91 Å². The van der Waals surface area contributed by atoms with Crippen molar-refractivity contribution in [1.29, 1.82) is 0 Å². The van der Waals surface area contributed by atoms with Crippen molar-refractivity contribution in [2.45, 2.75) is 38.5 Å². The van der Waals surface area contributed by atoms with Gasteiger partial charge in [0.1, 0.15) is 5.69 Å². The van der Waals surface area contributed by atoms with E-state index in [9.17, 15) is 19.7 Å². The molecule has 2 heterocycles. The Balaban J connectivity index is 1.49. The topological polar surface area (TPSA) is 95.8 Å². The van der Waals surface area contributed by atoms with Crippen LogP contribution in [0, 0.1) is 10.1 Å². The van der Waals surface area contributed by atoms with Crippen molar-refractivity contribution in [2.75, 3.05) is 34.8 Å². The second-order valence-corrected chi connectivity index (χ2v) is 8.01. The number of carbonyl (C=O) groups is 2. The van der Waals surface area contributed by atoms with E-state index in [1.807, 2.05) is 4.90 Å².